The zero-order chi connectivity index (χ0) is 13.8. The number of rotatable bonds is 4. The third-order valence-electron chi connectivity index (χ3n) is 2.41. The van der Waals surface area contributed by atoms with Gasteiger partial charge in [-0.05, 0) is 18.2 Å². The molecule has 19 heavy (non-hydrogen) atoms. The molecule has 0 saturated carbocycles. The third kappa shape index (κ3) is 3.21. The number of amides is 1. The number of nitrogens with one attached hydrogen (secondary N) is 2. The third-order valence-corrected chi connectivity index (χ3v) is 2.71. The number of anilines is 1. The van der Waals surface area contributed by atoms with Crippen LogP contribution in [0.5, 0.6) is 0 Å². The molecule has 100 valence electrons. The Labute approximate surface area is 114 Å². The summed E-state index contributed by atoms with van der Waals surface area (Å²) < 4.78 is 1.66. The number of nitrogen functional groups attached to an aromatic ring is 1. The zero-order valence-electron chi connectivity index (χ0n) is 10.2. The average molecular weight is 281 g/mol. The van der Waals surface area contributed by atoms with Gasteiger partial charge >= 0.3 is 0 Å². The predicted molar refractivity (Wildman–Crippen MR) is 71.4 cm³/mol. The molecule has 0 aliphatic carbocycles. The van der Waals surface area contributed by atoms with Gasteiger partial charge in [0.2, 0.25) is 0 Å². The number of hydrogen-bond acceptors (Lipinski definition) is 5. The van der Waals surface area contributed by atoms with E-state index in [-0.39, 0.29) is 16.6 Å². The highest BCUT2D eigenvalue weighted by Gasteiger charge is 2.13. The minimum Gasteiger partial charge on any atom is -0.345 e. The summed E-state index contributed by atoms with van der Waals surface area (Å²) in [5.74, 6) is 5.22. The topological polar surface area (TPSA) is 97.9 Å². The fourth-order valence-corrected chi connectivity index (χ4v) is 1.68. The van der Waals surface area contributed by atoms with E-state index in [1.54, 1.807) is 30.1 Å². The van der Waals surface area contributed by atoms with Gasteiger partial charge in [-0.15, -0.1) is 0 Å². The summed E-state index contributed by atoms with van der Waals surface area (Å²) in [6, 6.07) is 4.95. The molecule has 0 unspecified atom stereocenters. The van der Waals surface area contributed by atoms with Gasteiger partial charge in [0.05, 0.1) is 17.3 Å². The standard InChI is InChI=1S/C11H13ClN6O/c1-18-5-4-7(17-18)6-14-11(19)10-8(12)2-3-9(15-10)16-13/h2-5H,6,13H2,1H3,(H,14,19)(H,15,16). The number of halogens is 1. The van der Waals surface area contributed by atoms with E-state index in [4.69, 9.17) is 17.4 Å². The molecule has 0 fully saturated rings. The number of carbonyl (C=O) groups excluding carboxylic acids is 1. The van der Waals surface area contributed by atoms with Crippen LogP contribution in [0.1, 0.15) is 16.2 Å². The molecule has 0 atom stereocenters. The Kier molecular flexibility index (Phi) is 3.98. The minimum atomic E-state index is -0.382. The highest BCUT2D eigenvalue weighted by Crippen LogP contribution is 2.16. The Bertz CT molecular complexity index is 597. The Morgan fingerprint density at radius 2 is 2.26 bits per heavy atom. The lowest BCUT2D eigenvalue weighted by Crippen LogP contribution is -2.25. The van der Waals surface area contributed by atoms with E-state index in [1.807, 2.05) is 6.07 Å². The molecule has 0 saturated heterocycles. The number of aryl methyl sites for hydroxylation is 1. The van der Waals surface area contributed by atoms with E-state index in [2.05, 4.69) is 20.8 Å². The number of carbonyl (C=O) groups is 1. The molecule has 0 aliphatic heterocycles. The van der Waals surface area contributed by atoms with Crippen LogP contribution in [0.15, 0.2) is 24.4 Å². The predicted octanol–water partition coefficient (Wildman–Crippen LogP) is 0.684. The van der Waals surface area contributed by atoms with Crippen LogP contribution in [0, 0.1) is 0 Å². The minimum absolute atomic E-state index is 0.119. The van der Waals surface area contributed by atoms with Gasteiger partial charge in [0.15, 0.2) is 0 Å². The summed E-state index contributed by atoms with van der Waals surface area (Å²) in [5.41, 5.74) is 3.23. The average Bonchev–Trinajstić information content (AvgIpc) is 2.82. The Balaban J connectivity index is 2.07. The van der Waals surface area contributed by atoms with Crippen molar-refractivity contribution < 1.29 is 4.79 Å². The van der Waals surface area contributed by atoms with Gasteiger partial charge in [0.25, 0.3) is 5.91 Å². The van der Waals surface area contributed by atoms with E-state index in [1.165, 1.54) is 0 Å². The van der Waals surface area contributed by atoms with Gasteiger partial charge in [-0.2, -0.15) is 5.10 Å². The Morgan fingerprint density at radius 3 is 2.89 bits per heavy atom. The smallest absolute Gasteiger partial charge is 0.271 e. The monoisotopic (exact) mass is 280 g/mol. The van der Waals surface area contributed by atoms with Gasteiger partial charge in [-0.25, -0.2) is 10.8 Å². The van der Waals surface area contributed by atoms with Crippen molar-refractivity contribution in [1.82, 2.24) is 20.1 Å². The lowest BCUT2D eigenvalue weighted by atomic mass is 10.3. The number of pyridine rings is 1. The first-order valence-electron chi connectivity index (χ1n) is 5.50. The highest BCUT2D eigenvalue weighted by atomic mass is 35.5. The first-order chi connectivity index (χ1) is 9.10. The van der Waals surface area contributed by atoms with Crippen LogP contribution in [-0.2, 0) is 13.6 Å². The zero-order valence-corrected chi connectivity index (χ0v) is 11.0. The number of hydrazine groups is 1. The molecular weight excluding hydrogens is 268 g/mol. The summed E-state index contributed by atoms with van der Waals surface area (Å²) in [6.07, 6.45) is 1.80. The molecular formula is C11H13ClN6O. The number of hydrogen-bond donors (Lipinski definition) is 3. The second-order valence-corrected chi connectivity index (χ2v) is 4.24. The number of nitrogens with zero attached hydrogens (tertiary/aromatic N) is 3. The maximum Gasteiger partial charge on any atom is 0.271 e. The SMILES string of the molecule is Cn1ccc(CNC(=O)c2nc(NN)ccc2Cl)n1. The quantitative estimate of drug-likeness (QED) is 0.565. The molecule has 0 radical (unpaired) electrons. The second kappa shape index (κ2) is 5.68. The summed E-state index contributed by atoms with van der Waals surface area (Å²) in [6.45, 7) is 0.304. The van der Waals surface area contributed by atoms with E-state index in [0.29, 0.717) is 12.4 Å². The molecule has 1 amide bonds. The van der Waals surface area contributed by atoms with Crippen molar-refractivity contribution in [2.45, 2.75) is 6.54 Å². The fourth-order valence-electron chi connectivity index (χ4n) is 1.49. The molecule has 2 aromatic rings. The Hall–Kier alpha value is -2.12. The van der Waals surface area contributed by atoms with Gasteiger partial charge < -0.3 is 10.7 Å². The van der Waals surface area contributed by atoms with Crippen LogP contribution in [0.3, 0.4) is 0 Å². The molecule has 8 heteroatoms. The first-order valence-corrected chi connectivity index (χ1v) is 5.88. The maximum absolute atomic E-state index is 12.0. The number of aromatic nitrogens is 3. The summed E-state index contributed by atoms with van der Waals surface area (Å²) in [7, 11) is 1.81. The summed E-state index contributed by atoms with van der Waals surface area (Å²) >= 11 is 5.92. The summed E-state index contributed by atoms with van der Waals surface area (Å²) in [5, 5.41) is 7.10. The van der Waals surface area contributed by atoms with Crippen LogP contribution in [-0.4, -0.2) is 20.7 Å². The van der Waals surface area contributed by atoms with Crippen molar-refractivity contribution >= 4 is 23.3 Å². The van der Waals surface area contributed by atoms with E-state index < -0.39 is 0 Å². The Morgan fingerprint density at radius 1 is 1.47 bits per heavy atom. The highest BCUT2D eigenvalue weighted by molar-refractivity contribution is 6.33. The van der Waals surface area contributed by atoms with E-state index in [0.717, 1.165) is 5.69 Å². The van der Waals surface area contributed by atoms with E-state index >= 15 is 0 Å². The summed E-state index contributed by atoms with van der Waals surface area (Å²) in [4.78, 5) is 16.0. The first kappa shape index (κ1) is 13.3. The van der Waals surface area contributed by atoms with Gasteiger partial charge in [-0.1, -0.05) is 11.6 Å². The van der Waals surface area contributed by atoms with E-state index in [9.17, 15) is 4.79 Å². The lowest BCUT2D eigenvalue weighted by Gasteiger charge is -2.06. The van der Waals surface area contributed by atoms with Crippen LogP contribution in [0.2, 0.25) is 5.02 Å². The molecule has 0 aliphatic rings. The normalized spacial score (nSPS) is 10.3. The van der Waals surface area contributed by atoms with Crippen LogP contribution < -0.4 is 16.6 Å². The second-order valence-electron chi connectivity index (χ2n) is 3.83. The fraction of sp³-hybridized carbons (Fsp3) is 0.182. The largest absolute Gasteiger partial charge is 0.345 e. The van der Waals surface area contributed by atoms with Crippen molar-refractivity contribution in [2.24, 2.45) is 12.9 Å². The van der Waals surface area contributed by atoms with Crippen molar-refractivity contribution in [3.8, 4) is 0 Å². The van der Waals surface area contributed by atoms with Crippen molar-refractivity contribution in [1.29, 1.82) is 0 Å². The van der Waals surface area contributed by atoms with Crippen molar-refractivity contribution in [3.05, 3.63) is 40.8 Å². The molecule has 4 N–H and O–H groups in total. The van der Waals surface area contributed by atoms with Crippen molar-refractivity contribution in [3.63, 3.8) is 0 Å². The van der Waals surface area contributed by atoms with Crippen LogP contribution in [0.25, 0.3) is 0 Å². The van der Waals surface area contributed by atoms with Crippen LogP contribution in [0.4, 0.5) is 5.82 Å². The van der Waals surface area contributed by atoms with Gasteiger partial charge in [-0.3, -0.25) is 9.48 Å². The van der Waals surface area contributed by atoms with Crippen molar-refractivity contribution in [2.75, 3.05) is 5.43 Å². The van der Waals surface area contributed by atoms with Gasteiger partial charge in [0, 0.05) is 13.2 Å². The molecule has 0 aromatic carbocycles. The molecule has 2 aromatic heterocycles. The molecule has 2 rings (SSSR count). The molecule has 2 heterocycles. The molecule has 7 nitrogen and oxygen atoms in total. The van der Waals surface area contributed by atoms with Crippen LogP contribution >= 0.6 is 11.6 Å². The molecule has 0 spiro atoms. The molecule has 0 bridgehead atoms. The number of nitrogens with two attached hydrogens (primary N) is 1. The lowest BCUT2D eigenvalue weighted by molar-refractivity contribution is 0.0945. The maximum atomic E-state index is 12.0. The van der Waals surface area contributed by atoms with Gasteiger partial charge in [0.1, 0.15) is 11.5 Å².